The Bertz CT molecular complexity index is 727. The topological polar surface area (TPSA) is 92.8 Å². The highest BCUT2D eigenvalue weighted by atomic mass is 16.5. The third kappa shape index (κ3) is 2.38. The van der Waals surface area contributed by atoms with Crippen LogP contribution in [0.1, 0.15) is 29.3 Å². The molecule has 2 heterocycles. The number of nitrogens with one attached hydrogen (secondary N) is 1. The number of para-hydroxylation sites is 1. The fourth-order valence-corrected chi connectivity index (χ4v) is 3.22. The van der Waals surface area contributed by atoms with Crippen molar-refractivity contribution in [2.45, 2.75) is 31.8 Å². The largest absolute Gasteiger partial charge is 0.467 e. The minimum Gasteiger partial charge on any atom is -0.467 e. The van der Waals surface area contributed by atoms with Gasteiger partial charge in [0.25, 0.3) is 5.91 Å². The van der Waals surface area contributed by atoms with Crippen LogP contribution in [0.3, 0.4) is 0 Å². The number of esters is 1. The molecule has 0 spiro atoms. The highest BCUT2D eigenvalue weighted by Gasteiger charge is 2.46. The van der Waals surface area contributed by atoms with Gasteiger partial charge in [-0.05, 0) is 11.6 Å². The van der Waals surface area contributed by atoms with Gasteiger partial charge in [-0.1, -0.05) is 12.1 Å². The molecule has 2 amide bonds. The van der Waals surface area contributed by atoms with Crippen LogP contribution >= 0.6 is 0 Å². The predicted octanol–water partition coefficient (Wildman–Crippen LogP) is 0.208. The third-order valence-electron chi connectivity index (χ3n) is 4.16. The average molecular weight is 316 g/mol. The molecule has 1 N–H and O–H groups in total. The number of nitrogens with zero attached hydrogens (tertiary/aromatic N) is 1. The zero-order valence-electron chi connectivity index (χ0n) is 12.8. The summed E-state index contributed by atoms with van der Waals surface area (Å²) in [6.45, 7) is 1.28. The molecule has 0 unspecified atom stereocenters. The molecule has 0 bridgehead atoms. The molecule has 7 heteroatoms. The van der Waals surface area contributed by atoms with E-state index in [-0.39, 0.29) is 12.2 Å². The van der Waals surface area contributed by atoms with E-state index in [0.717, 1.165) is 5.56 Å². The van der Waals surface area contributed by atoms with Crippen molar-refractivity contribution in [3.8, 4) is 0 Å². The number of hydrogen-bond acceptors (Lipinski definition) is 5. The summed E-state index contributed by atoms with van der Waals surface area (Å²) in [6.07, 6.45) is 0.168. The summed E-state index contributed by atoms with van der Waals surface area (Å²) in [5, 5.41) is 2.50. The minimum atomic E-state index is -0.981. The molecular weight excluding hydrogens is 300 g/mol. The number of ether oxygens (including phenoxy) is 1. The Balaban J connectivity index is 2.12. The van der Waals surface area contributed by atoms with Gasteiger partial charge < -0.3 is 10.1 Å². The van der Waals surface area contributed by atoms with E-state index in [1.807, 2.05) is 0 Å². The molecular formula is C16H16N2O5. The summed E-state index contributed by atoms with van der Waals surface area (Å²) in [5.41, 5.74) is 1.61. The van der Waals surface area contributed by atoms with Crippen molar-refractivity contribution >= 4 is 29.3 Å². The fourth-order valence-electron chi connectivity index (χ4n) is 3.22. The SMILES string of the molecule is COC(=O)[C@@H]1Cc2cccc3c2N1C(=O)[C@@H](NC(C)=O)CC3=O. The van der Waals surface area contributed by atoms with Crippen molar-refractivity contribution in [2.24, 2.45) is 0 Å². The number of rotatable bonds is 2. The number of anilines is 1. The quantitative estimate of drug-likeness (QED) is 0.787. The second-order valence-corrected chi connectivity index (χ2v) is 5.65. The monoisotopic (exact) mass is 316 g/mol. The molecule has 7 nitrogen and oxygen atoms in total. The predicted molar refractivity (Wildman–Crippen MR) is 80.0 cm³/mol. The van der Waals surface area contributed by atoms with Gasteiger partial charge in [-0.2, -0.15) is 0 Å². The summed E-state index contributed by atoms with van der Waals surface area (Å²) in [7, 11) is 1.25. The normalized spacial score (nSPS) is 22.4. The Kier molecular flexibility index (Phi) is 3.63. The van der Waals surface area contributed by atoms with Crippen molar-refractivity contribution in [3.63, 3.8) is 0 Å². The Morgan fingerprint density at radius 3 is 2.65 bits per heavy atom. The first-order chi connectivity index (χ1) is 10.9. The van der Waals surface area contributed by atoms with E-state index in [2.05, 4.69) is 5.32 Å². The first-order valence-corrected chi connectivity index (χ1v) is 7.27. The van der Waals surface area contributed by atoms with Crippen LogP contribution in [0.2, 0.25) is 0 Å². The van der Waals surface area contributed by atoms with Gasteiger partial charge >= 0.3 is 5.97 Å². The van der Waals surface area contributed by atoms with Crippen LogP contribution in [0, 0.1) is 0 Å². The maximum absolute atomic E-state index is 12.8. The molecule has 0 radical (unpaired) electrons. The van der Waals surface area contributed by atoms with Gasteiger partial charge in [-0.25, -0.2) is 4.79 Å². The molecule has 3 rings (SSSR count). The van der Waals surface area contributed by atoms with E-state index in [9.17, 15) is 19.2 Å². The molecule has 0 aliphatic carbocycles. The van der Waals surface area contributed by atoms with Crippen molar-refractivity contribution in [3.05, 3.63) is 29.3 Å². The Morgan fingerprint density at radius 2 is 2.00 bits per heavy atom. The van der Waals surface area contributed by atoms with Gasteiger partial charge in [0, 0.05) is 25.3 Å². The number of benzene rings is 1. The molecule has 1 aromatic carbocycles. The molecule has 0 saturated heterocycles. The van der Waals surface area contributed by atoms with Crippen LogP contribution in [0.5, 0.6) is 0 Å². The van der Waals surface area contributed by atoms with Gasteiger partial charge in [-0.3, -0.25) is 19.3 Å². The molecule has 2 atom stereocenters. The molecule has 23 heavy (non-hydrogen) atoms. The molecule has 0 saturated carbocycles. The number of hydrogen-bond donors (Lipinski definition) is 1. The molecule has 120 valence electrons. The summed E-state index contributed by atoms with van der Waals surface area (Å²) < 4.78 is 4.79. The summed E-state index contributed by atoms with van der Waals surface area (Å²) >= 11 is 0. The number of methoxy groups -OCH3 is 1. The number of carbonyl (C=O) groups excluding carboxylic acids is 4. The number of ketones is 1. The number of amides is 2. The number of Topliss-reactive ketones (excluding diaryl/α,β-unsaturated/α-hetero) is 1. The smallest absolute Gasteiger partial charge is 0.329 e. The van der Waals surface area contributed by atoms with Crippen LogP contribution < -0.4 is 10.2 Å². The van der Waals surface area contributed by atoms with Crippen LogP contribution in [0.25, 0.3) is 0 Å². The lowest BCUT2D eigenvalue weighted by molar-refractivity contribution is -0.143. The van der Waals surface area contributed by atoms with E-state index < -0.39 is 29.9 Å². The van der Waals surface area contributed by atoms with Crippen LogP contribution in [-0.2, 0) is 25.5 Å². The van der Waals surface area contributed by atoms with Crippen molar-refractivity contribution in [1.82, 2.24) is 5.32 Å². The lowest BCUT2D eigenvalue weighted by Crippen LogP contribution is -2.52. The second kappa shape index (κ2) is 5.49. The Hall–Kier alpha value is -2.70. The molecule has 1 aromatic rings. The van der Waals surface area contributed by atoms with E-state index in [1.165, 1.54) is 18.9 Å². The molecule has 0 aromatic heterocycles. The first-order valence-electron chi connectivity index (χ1n) is 7.27. The van der Waals surface area contributed by atoms with Gasteiger partial charge in [-0.15, -0.1) is 0 Å². The highest BCUT2D eigenvalue weighted by Crippen LogP contribution is 2.39. The molecule has 2 aliphatic heterocycles. The van der Waals surface area contributed by atoms with Crippen molar-refractivity contribution in [2.75, 3.05) is 12.0 Å². The van der Waals surface area contributed by atoms with Crippen molar-refractivity contribution in [1.29, 1.82) is 0 Å². The van der Waals surface area contributed by atoms with E-state index in [0.29, 0.717) is 17.7 Å². The fraction of sp³-hybridized carbons (Fsp3) is 0.375. The summed E-state index contributed by atoms with van der Waals surface area (Å²) in [5.74, 6) is -1.65. The lowest BCUT2D eigenvalue weighted by atomic mass is 10.0. The maximum Gasteiger partial charge on any atom is 0.329 e. The van der Waals surface area contributed by atoms with Crippen LogP contribution in [-0.4, -0.2) is 42.8 Å². The standard InChI is InChI=1S/C16H16N2O5/c1-8(19)17-11-7-13(20)10-5-3-4-9-6-12(16(22)23-2)18(14(9)10)15(11)21/h3-5,11-12H,6-7H2,1-2H3,(H,17,19)/t11-,12-/m0/s1. The minimum absolute atomic E-state index is 0.126. The highest BCUT2D eigenvalue weighted by molar-refractivity contribution is 6.16. The third-order valence-corrected chi connectivity index (χ3v) is 4.16. The second-order valence-electron chi connectivity index (χ2n) is 5.65. The zero-order valence-corrected chi connectivity index (χ0v) is 12.8. The van der Waals surface area contributed by atoms with E-state index in [1.54, 1.807) is 18.2 Å². The Labute approximate surface area is 132 Å². The lowest BCUT2D eigenvalue weighted by Gasteiger charge is -2.26. The van der Waals surface area contributed by atoms with Gasteiger partial charge in [0.15, 0.2) is 5.78 Å². The van der Waals surface area contributed by atoms with Crippen LogP contribution in [0.15, 0.2) is 18.2 Å². The van der Waals surface area contributed by atoms with Gasteiger partial charge in [0.2, 0.25) is 5.91 Å². The Morgan fingerprint density at radius 1 is 1.26 bits per heavy atom. The summed E-state index contributed by atoms with van der Waals surface area (Å²) in [6, 6.07) is 3.36. The average Bonchev–Trinajstić information content (AvgIpc) is 2.86. The molecule has 2 aliphatic rings. The van der Waals surface area contributed by atoms with Crippen LogP contribution in [0.4, 0.5) is 5.69 Å². The van der Waals surface area contributed by atoms with E-state index in [4.69, 9.17) is 4.74 Å². The van der Waals surface area contributed by atoms with Gasteiger partial charge in [0.05, 0.1) is 12.8 Å². The number of carbonyl (C=O) groups is 4. The van der Waals surface area contributed by atoms with Gasteiger partial charge in [0.1, 0.15) is 12.1 Å². The maximum atomic E-state index is 12.8. The van der Waals surface area contributed by atoms with Crippen molar-refractivity contribution < 1.29 is 23.9 Å². The first kappa shape index (κ1) is 15.2. The van der Waals surface area contributed by atoms with E-state index >= 15 is 0 Å². The zero-order chi connectivity index (χ0) is 16.7. The summed E-state index contributed by atoms with van der Waals surface area (Å²) in [4.78, 5) is 50.0. The molecule has 0 fully saturated rings.